The molecular formula is C21H26F3N8OP. The lowest BCUT2D eigenvalue weighted by Gasteiger charge is -2.34. The maximum Gasteiger partial charge on any atom is 0.416 e. The van der Waals surface area contributed by atoms with Gasteiger partial charge in [-0.1, -0.05) is 6.07 Å². The van der Waals surface area contributed by atoms with Gasteiger partial charge >= 0.3 is 6.18 Å². The summed E-state index contributed by atoms with van der Waals surface area (Å²) in [5, 5.41) is 19.6. The molecule has 34 heavy (non-hydrogen) atoms. The Hall–Kier alpha value is -2.98. The lowest BCUT2D eigenvalue weighted by atomic mass is 10.0. The maximum atomic E-state index is 13.2. The molecule has 0 saturated carbocycles. The summed E-state index contributed by atoms with van der Waals surface area (Å²) in [5.74, 6) is 0.183. The second-order valence-corrected chi connectivity index (χ2v) is 8.16. The van der Waals surface area contributed by atoms with Crippen LogP contribution in [0.15, 0.2) is 29.0 Å². The number of benzene rings is 1. The summed E-state index contributed by atoms with van der Waals surface area (Å²) >= 11 is 0. The van der Waals surface area contributed by atoms with E-state index in [0.29, 0.717) is 61.1 Å². The fraction of sp³-hybridized carbons (Fsp3) is 0.429. The van der Waals surface area contributed by atoms with Crippen molar-refractivity contribution < 1.29 is 18.0 Å². The molecule has 1 N–H and O–H groups in total. The Morgan fingerprint density at radius 2 is 1.97 bits per heavy atom. The largest absolute Gasteiger partial charge is 0.416 e. The predicted octanol–water partition coefficient (Wildman–Crippen LogP) is 2.48. The number of halogens is 3. The normalized spacial score (nSPS) is 15.8. The molecule has 3 rings (SSSR count). The Morgan fingerprint density at radius 3 is 2.56 bits per heavy atom. The molecule has 1 unspecified atom stereocenters. The first kappa shape index (κ1) is 25.6. The summed E-state index contributed by atoms with van der Waals surface area (Å²) < 4.78 is 43.6. The highest BCUT2D eigenvalue weighted by atomic mass is 31.0. The molecule has 1 fully saturated rings. The minimum atomic E-state index is -4.49. The van der Waals surface area contributed by atoms with E-state index in [1.165, 1.54) is 23.0 Å². The van der Waals surface area contributed by atoms with E-state index in [1.54, 1.807) is 18.7 Å². The van der Waals surface area contributed by atoms with Crippen LogP contribution in [0, 0.1) is 12.3 Å². The van der Waals surface area contributed by atoms with Crippen molar-refractivity contribution in [2.45, 2.75) is 26.6 Å². The zero-order chi connectivity index (χ0) is 24.9. The van der Waals surface area contributed by atoms with Gasteiger partial charge in [0.05, 0.1) is 23.5 Å². The highest BCUT2D eigenvalue weighted by molar-refractivity contribution is 7.15. The van der Waals surface area contributed by atoms with E-state index in [2.05, 4.69) is 34.5 Å². The third-order valence-electron chi connectivity index (χ3n) is 5.44. The topological polar surface area (TPSA) is 103 Å². The van der Waals surface area contributed by atoms with Crippen LogP contribution in [-0.4, -0.2) is 80.1 Å². The number of rotatable bonds is 7. The van der Waals surface area contributed by atoms with Gasteiger partial charge in [-0.2, -0.15) is 18.0 Å². The Balaban J connectivity index is 1.68. The predicted molar refractivity (Wildman–Crippen MR) is 126 cm³/mol. The Kier molecular flexibility index (Phi) is 8.27. The molecule has 0 bridgehead atoms. The van der Waals surface area contributed by atoms with Gasteiger partial charge in [-0.3, -0.25) is 14.5 Å². The van der Waals surface area contributed by atoms with Crippen molar-refractivity contribution in [2.24, 2.45) is 4.76 Å². The van der Waals surface area contributed by atoms with Gasteiger partial charge in [0.25, 0.3) is 0 Å². The highest BCUT2D eigenvalue weighted by Gasteiger charge is 2.31. The van der Waals surface area contributed by atoms with Gasteiger partial charge in [-0.25, -0.2) is 0 Å². The molecule has 1 atom stereocenters. The molecule has 1 aromatic heterocycles. The summed E-state index contributed by atoms with van der Waals surface area (Å²) in [5.41, 5.74) is 1.09. The summed E-state index contributed by atoms with van der Waals surface area (Å²) in [6.45, 7) is 6.09. The summed E-state index contributed by atoms with van der Waals surface area (Å²) in [6, 6.07) is 3.36. The SMILES string of the molecule is CC(=NP)C(=N)CN1CCN(C(=O)/C=C/c2ccc(C(F)(F)F)cc2Cn2nnc(C)n2)CC1. The van der Waals surface area contributed by atoms with E-state index >= 15 is 0 Å². The number of tetrazole rings is 1. The fourth-order valence-corrected chi connectivity index (χ4v) is 3.59. The number of alkyl halides is 3. The number of piperazine rings is 1. The van der Waals surface area contributed by atoms with Crippen LogP contribution in [0.1, 0.15) is 29.4 Å². The first-order chi connectivity index (χ1) is 16.1. The molecule has 1 aliphatic heterocycles. The van der Waals surface area contributed by atoms with Gasteiger partial charge in [0.1, 0.15) is 0 Å². The summed E-state index contributed by atoms with van der Waals surface area (Å²) in [4.78, 5) is 17.7. The molecular weight excluding hydrogens is 468 g/mol. The smallest absolute Gasteiger partial charge is 0.337 e. The van der Waals surface area contributed by atoms with Crippen LogP contribution in [0.4, 0.5) is 13.2 Å². The van der Waals surface area contributed by atoms with Gasteiger partial charge in [0.2, 0.25) is 5.91 Å². The quantitative estimate of drug-likeness (QED) is 0.362. The van der Waals surface area contributed by atoms with Crippen LogP contribution in [-0.2, 0) is 17.5 Å². The second-order valence-electron chi connectivity index (χ2n) is 7.91. The molecule has 0 spiro atoms. The third-order valence-corrected chi connectivity index (χ3v) is 5.82. The summed E-state index contributed by atoms with van der Waals surface area (Å²) in [7, 11) is 2.24. The Bertz CT molecular complexity index is 1100. The zero-order valence-corrected chi connectivity index (χ0v) is 20.0. The Labute approximate surface area is 197 Å². The Morgan fingerprint density at radius 1 is 1.26 bits per heavy atom. The molecule has 1 saturated heterocycles. The highest BCUT2D eigenvalue weighted by Crippen LogP contribution is 2.31. The second kappa shape index (κ2) is 11.0. The summed E-state index contributed by atoms with van der Waals surface area (Å²) in [6.07, 6.45) is -1.60. The lowest BCUT2D eigenvalue weighted by Crippen LogP contribution is -2.49. The number of nitrogens with zero attached hydrogens (tertiary/aromatic N) is 7. The number of hydrogen-bond donors (Lipinski definition) is 1. The van der Waals surface area contributed by atoms with Crippen molar-refractivity contribution in [1.82, 2.24) is 30.0 Å². The molecule has 182 valence electrons. The van der Waals surface area contributed by atoms with Crippen molar-refractivity contribution in [2.75, 3.05) is 32.7 Å². The van der Waals surface area contributed by atoms with E-state index in [9.17, 15) is 18.0 Å². The number of aromatic nitrogens is 4. The number of hydrogen-bond acceptors (Lipinski definition) is 7. The van der Waals surface area contributed by atoms with Gasteiger partial charge in [0, 0.05) is 38.8 Å². The van der Waals surface area contributed by atoms with Gasteiger partial charge in [0.15, 0.2) is 5.82 Å². The van der Waals surface area contributed by atoms with E-state index in [-0.39, 0.29) is 12.5 Å². The minimum Gasteiger partial charge on any atom is -0.337 e. The van der Waals surface area contributed by atoms with Gasteiger partial charge < -0.3 is 10.3 Å². The first-order valence-corrected chi connectivity index (χ1v) is 11.0. The van der Waals surface area contributed by atoms with Crippen molar-refractivity contribution in [3.05, 3.63) is 46.8 Å². The molecule has 13 heteroatoms. The van der Waals surface area contributed by atoms with Crippen LogP contribution in [0.2, 0.25) is 0 Å². The number of aryl methyl sites for hydroxylation is 1. The van der Waals surface area contributed by atoms with Crippen LogP contribution in [0.5, 0.6) is 0 Å². The van der Waals surface area contributed by atoms with Crippen molar-refractivity contribution in [3.63, 3.8) is 0 Å². The number of amides is 1. The molecule has 0 aliphatic carbocycles. The molecule has 1 aliphatic rings. The first-order valence-electron chi connectivity index (χ1n) is 10.5. The molecule has 9 nitrogen and oxygen atoms in total. The van der Waals surface area contributed by atoms with Crippen LogP contribution in [0.25, 0.3) is 6.08 Å². The molecule has 1 amide bonds. The average molecular weight is 494 g/mol. The zero-order valence-electron chi connectivity index (χ0n) is 18.9. The number of carbonyl (C=O) groups is 1. The molecule has 2 aromatic rings. The standard InChI is InChI=1S/C21H26F3N8OP/c1-14(28-34)19(25)13-30-7-9-31(10-8-30)20(33)6-4-16-3-5-18(21(22,23)24)11-17(16)12-32-27-15(2)26-29-32/h3-6,11,25H,7-10,12-13,34H2,1-2H3/b6-4+,25-19?,28-14?. The van der Waals surface area contributed by atoms with Crippen LogP contribution in [0.3, 0.4) is 0 Å². The van der Waals surface area contributed by atoms with Crippen molar-refractivity contribution in [3.8, 4) is 0 Å². The number of carbonyl (C=O) groups excluding carboxylic acids is 1. The van der Waals surface area contributed by atoms with Crippen molar-refractivity contribution in [1.29, 1.82) is 5.41 Å². The maximum absolute atomic E-state index is 13.2. The number of nitrogens with one attached hydrogen (secondary N) is 1. The van der Waals surface area contributed by atoms with E-state index in [1.807, 2.05) is 0 Å². The fourth-order valence-electron chi connectivity index (χ4n) is 3.43. The molecule has 0 radical (unpaired) electrons. The lowest BCUT2D eigenvalue weighted by molar-refractivity contribution is -0.137. The van der Waals surface area contributed by atoms with E-state index in [0.717, 1.165) is 12.1 Å². The van der Waals surface area contributed by atoms with E-state index in [4.69, 9.17) is 5.41 Å². The molecule has 2 heterocycles. The van der Waals surface area contributed by atoms with Crippen molar-refractivity contribution >= 4 is 32.8 Å². The third kappa shape index (κ3) is 6.77. The van der Waals surface area contributed by atoms with Crippen LogP contribution < -0.4 is 0 Å². The van der Waals surface area contributed by atoms with Gasteiger partial charge in [-0.05, 0) is 57.8 Å². The molecule has 1 aromatic carbocycles. The van der Waals surface area contributed by atoms with Gasteiger partial charge in [-0.15, -0.1) is 10.2 Å². The van der Waals surface area contributed by atoms with Crippen LogP contribution >= 0.6 is 9.39 Å². The monoisotopic (exact) mass is 494 g/mol. The van der Waals surface area contributed by atoms with E-state index < -0.39 is 11.7 Å². The minimum absolute atomic E-state index is 0.0117. The average Bonchev–Trinajstić information content (AvgIpc) is 3.21.